The quantitative estimate of drug-likeness (QED) is 0.865. The van der Waals surface area contributed by atoms with Gasteiger partial charge in [-0.05, 0) is 45.2 Å². The summed E-state index contributed by atoms with van der Waals surface area (Å²) in [7, 11) is 4.14. The number of aryl methyl sites for hydroxylation is 2. The summed E-state index contributed by atoms with van der Waals surface area (Å²) in [5, 5.41) is 3.25. The van der Waals surface area contributed by atoms with E-state index in [0.29, 0.717) is 0 Å². The average Bonchev–Trinajstić information content (AvgIpc) is 2.78. The minimum absolute atomic E-state index is 0.889. The number of hydrogen-bond donors (Lipinski definition) is 1. The van der Waals surface area contributed by atoms with Crippen LogP contribution in [-0.2, 0) is 13.5 Å². The molecule has 1 N–H and O–H groups in total. The number of piperidine rings is 1. The number of rotatable bonds is 5. The minimum atomic E-state index is 0.889. The van der Waals surface area contributed by atoms with Crippen LogP contribution in [0.25, 0.3) is 0 Å². The maximum absolute atomic E-state index is 4.72. The predicted octanol–water partition coefficient (Wildman–Crippen LogP) is 1.81. The molecule has 0 radical (unpaired) electrons. The summed E-state index contributed by atoms with van der Waals surface area (Å²) in [6.45, 7) is 5.62. The van der Waals surface area contributed by atoms with Crippen LogP contribution < -0.4 is 10.2 Å². The standard InChI is InChI=1S/C14H26N4/c1-4-13-11-17(3)14(16-13)18-9-6-12(7-10-18)5-8-15-2/h11-12,15H,4-10H2,1-3H3. The molecular weight excluding hydrogens is 224 g/mol. The number of imidazole rings is 1. The Morgan fingerprint density at radius 2 is 2.11 bits per heavy atom. The van der Waals surface area contributed by atoms with Crippen molar-refractivity contribution in [3.05, 3.63) is 11.9 Å². The molecule has 0 saturated carbocycles. The summed E-state index contributed by atoms with van der Waals surface area (Å²) < 4.78 is 2.17. The zero-order valence-corrected chi connectivity index (χ0v) is 11.9. The normalized spacial score (nSPS) is 17.4. The molecule has 0 spiro atoms. The fourth-order valence-corrected chi connectivity index (χ4v) is 2.75. The molecule has 0 aromatic carbocycles. The minimum Gasteiger partial charge on any atom is -0.342 e. The van der Waals surface area contributed by atoms with Crippen molar-refractivity contribution in [3.8, 4) is 0 Å². The van der Waals surface area contributed by atoms with E-state index in [4.69, 9.17) is 4.98 Å². The van der Waals surface area contributed by atoms with Crippen LogP contribution in [0.2, 0.25) is 0 Å². The summed E-state index contributed by atoms with van der Waals surface area (Å²) in [6.07, 6.45) is 7.09. The van der Waals surface area contributed by atoms with E-state index in [2.05, 4.69) is 35.0 Å². The van der Waals surface area contributed by atoms with Crippen LogP contribution in [0.4, 0.5) is 5.95 Å². The second kappa shape index (κ2) is 6.23. The maximum Gasteiger partial charge on any atom is 0.205 e. The molecule has 102 valence electrons. The smallest absolute Gasteiger partial charge is 0.205 e. The molecule has 2 heterocycles. The van der Waals surface area contributed by atoms with Crippen LogP contribution in [0.1, 0.15) is 31.9 Å². The number of aromatic nitrogens is 2. The van der Waals surface area contributed by atoms with Gasteiger partial charge in [-0.2, -0.15) is 0 Å². The van der Waals surface area contributed by atoms with Crippen molar-refractivity contribution >= 4 is 5.95 Å². The summed E-state index contributed by atoms with van der Waals surface area (Å²) in [5.74, 6) is 2.04. The lowest BCUT2D eigenvalue weighted by Crippen LogP contribution is -2.36. The Balaban J connectivity index is 1.90. The van der Waals surface area contributed by atoms with Crippen molar-refractivity contribution in [2.45, 2.75) is 32.6 Å². The number of hydrogen-bond acceptors (Lipinski definition) is 3. The lowest BCUT2D eigenvalue weighted by molar-refractivity contribution is 0.374. The molecule has 2 rings (SSSR count). The van der Waals surface area contributed by atoms with Crippen molar-refractivity contribution < 1.29 is 0 Å². The lowest BCUT2D eigenvalue weighted by Gasteiger charge is -2.32. The third kappa shape index (κ3) is 3.05. The number of anilines is 1. The first-order valence-corrected chi connectivity index (χ1v) is 7.16. The summed E-state index contributed by atoms with van der Waals surface area (Å²) in [4.78, 5) is 7.16. The molecular formula is C14H26N4. The third-order valence-electron chi connectivity index (χ3n) is 3.96. The number of nitrogens with one attached hydrogen (secondary N) is 1. The van der Waals surface area contributed by atoms with Gasteiger partial charge in [0.25, 0.3) is 0 Å². The fourth-order valence-electron chi connectivity index (χ4n) is 2.75. The van der Waals surface area contributed by atoms with E-state index in [0.717, 1.165) is 37.9 Å². The molecule has 0 atom stereocenters. The van der Waals surface area contributed by atoms with Crippen molar-refractivity contribution in [3.63, 3.8) is 0 Å². The van der Waals surface area contributed by atoms with Crippen molar-refractivity contribution in [2.75, 3.05) is 31.6 Å². The lowest BCUT2D eigenvalue weighted by atomic mass is 9.94. The van der Waals surface area contributed by atoms with Gasteiger partial charge in [0.2, 0.25) is 5.95 Å². The zero-order chi connectivity index (χ0) is 13.0. The van der Waals surface area contributed by atoms with Crippen LogP contribution in [0, 0.1) is 5.92 Å². The Labute approximate surface area is 110 Å². The first kappa shape index (κ1) is 13.4. The van der Waals surface area contributed by atoms with Crippen molar-refractivity contribution in [1.82, 2.24) is 14.9 Å². The molecule has 4 heteroatoms. The molecule has 0 aliphatic carbocycles. The predicted molar refractivity (Wildman–Crippen MR) is 76.1 cm³/mol. The van der Waals surface area contributed by atoms with Gasteiger partial charge in [0.05, 0.1) is 5.69 Å². The Hall–Kier alpha value is -1.03. The fraction of sp³-hybridized carbons (Fsp3) is 0.786. The molecule has 18 heavy (non-hydrogen) atoms. The molecule has 4 nitrogen and oxygen atoms in total. The second-order valence-corrected chi connectivity index (χ2v) is 5.32. The van der Waals surface area contributed by atoms with Crippen LogP contribution in [0.15, 0.2) is 6.20 Å². The molecule has 1 aromatic heterocycles. The summed E-state index contributed by atoms with van der Waals surface area (Å²) >= 11 is 0. The highest BCUT2D eigenvalue weighted by molar-refractivity contribution is 5.33. The van der Waals surface area contributed by atoms with Crippen molar-refractivity contribution in [2.24, 2.45) is 13.0 Å². The Morgan fingerprint density at radius 1 is 1.39 bits per heavy atom. The molecule has 1 saturated heterocycles. The Kier molecular flexibility index (Phi) is 4.64. The van der Waals surface area contributed by atoms with Gasteiger partial charge in [-0.15, -0.1) is 0 Å². The molecule has 1 aromatic rings. The second-order valence-electron chi connectivity index (χ2n) is 5.32. The van der Waals surface area contributed by atoms with Crippen LogP contribution in [0.5, 0.6) is 0 Å². The van der Waals surface area contributed by atoms with Crippen LogP contribution in [0.3, 0.4) is 0 Å². The molecule has 0 amide bonds. The topological polar surface area (TPSA) is 33.1 Å². The Morgan fingerprint density at radius 3 is 2.67 bits per heavy atom. The zero-order valence-electron chi connectivity index (χ0n) is 11.9. The largest absolute Gasteiger partial charge is 0.342 e. The molecule has 1 aliphatic heterocycles. The SMILES string of the molecule is CCc1cn(C)c(N2CCC(CCNC)CC2)n1. The van der Waals surface area contributed by atoms with Gasteiger partial charge in [-0.1, -0.05) is 6.92 Å². The van der Waals surface area contributed by atoms with Crippen LogP contribution in [-0.4, -0.2) is 36.2 Å². The highest BCUT2D eigenvalue weighted by Gasteiger charge is 2.21. The van der Waals surface area contributed by atoms with E-state index in [-0.39, 0.29) is 0 Å². The van der Waals surface area contributed by atoms with Crippen molar-refractivity contribution in [1.29, 1.82) is 0 Å². The Bertz CT molecular complexity index is 364. The highest BCUT2D eigenvalue weighted by atomic mass is 15.3. The van der Waals surface area contributed by atoms with E-state index >= 15 is 0 Å². The maximum atomic E-state index is 4.72. The molecule has 1 fully saturated rings. The van der Waals surface area contributed by atoms with Gasteiger partial charge in [0.15, 0.2) is 0 Å². The highest BCUT2D eigenvalue weighted by Crippen LogP contribution is 2.24. The van der Waals surface area contributed by atoms with Gasteiger partial charge >= 0.3 is 0 Å². The van der Waals surface area contributed by atoms with E-state index in [1.807, 2.05) is 7.05 Å². The average molecular weight is 250 g/mol. The van der Waals surface area contributed by atoms with E-state index < -0.39 is 0 Å². The van der Waals surface area contributed by atoms with E-state index in [1.165, 1.54) is 25.0 Å². The third-order valence-corrected chi connectivity index (χ3v) is 3.96. The van der Waals surface area contributed by atoms with Gasteiger partial charge in [-0.3, -0.25) is 0 Å². The first-order valence-electron chi connectivity index (χ1n) is 7.16. The van der Waals surface area contributed by atoms with Gasteiger partial charge in [0.1, 0.15) is 0 Å². The first-order chi connectivity index (χ1) is 8.74. The summed E-state index contributed by atoms with van der Waals surface area (Å²) in [5.41, 5.74) is 1.20. The van der Waals surface area contributed by atoms with Gasteiger partial charge < -0.3 is 14.8 Å². The van der Waals surface area contributed by atoms with Gasteiger partial charge in [0, 0.05) is 26.3 Å². The molecule has 1 aliphatic rings. The summed E-state index contributed by atoms with van der Waals surface area (Å²) in [6, 6.07) is 0. The molecule has 0 bridgehead atoms. The monoisotopic (exact) mass is 250 g/mol. The van der Waals surface area contributed by atoms with Gasteiger partial charge in [-0.25, -0.2) is 4.98 Å². The van der Waals surface area contributed by atoms with Crippen LogP contribution >= 0.6 is 0 Å². The molecule has 0 unspecified atom stereocenters. The van der Waals surface area contributed by atoms with E-state index in [9.17, 15) is 0 Å². The number of nitrogens with zero attached hydrogens (tertiary/aromatic N) is 3. The van der Waals surface area contributed by atoms with E-state index in [1.54, 1.807) is 0 Å².